The van der Waals surface area contributed by atoms with Gasteiger partial charge in [0.05, 0.1) is 11.1 Å². The highest BCUT2D eigenvalue weighted by Crippen LogP contribution is 2.26. The average molecular weight is 282 g/mol. The SMILES string of the molecule is CC(C)c1ncc(CN(C)CC2CCCCC2O)s1. The molecule has 19 heavy (non-hydrogen) atoms. The lowest BCUT2D eigenvalue weighted by molar-refractivity contribution is 0.0503. The molecule has 0 spiro atoms. The van der Waals surface area contributed by atoms with Crippen molar-refractivity contribution in [3.8, 4) is 0 Å². The van der Waals surface area contributed by atoms with Crippen molar-refractivity contribution in [2.75, 3.05) is 13.6 Å². The van der Waals surface area contributed by atoms with E-state index in [-0.39, 0.29) is 6.10 Å². The van der Waals surface area contributed by atoms with E-state index in [1.54, 1.807) is 0 Å². The third-order valence-corrected chi connectivity index (χ3v) is 5.19. The van der Waals surface area contributed by atoms with E-state index < -0.39 is 0 Å². The van der Waals surface area contributed by atoms with Crippen LogP contribution in [0.1, 0.15) is 55.3 Å². The zero-order chi connectivity index (χ0) is 13.8. The molecule has 4 heteroatoms. The molecule has 0 bridgehead atoms. The Morgan fingerprint density at radius 3 is 2.79 bits per heavy atom. The molecule has 2 atom stereocenters. The van der Waals surface area contributed by atoms with Gasteiger partial charge in [0.15, 0.2) is 0 Å². The number of hydrogen-bond donors (Lipinski definition) is 1. The average Bonchev–Trinajstić information content (AvgIpc) is 2.80. The zero-order valence-electron chi connectivity index (χ0n) is 12.3. The van der Waals surface area contributed by atoms with Crippen molar-refractivity contribution in [2.45, 2.75) is 58.1 Å². The highest BCUT2D eigenvalue weighted by Gasteiger charge is 2.24. The van der Waals surface area contributed by atoms with Crippen molar-refractivity contribution in [3.63, 3.8) is 0 Å². The smallest absolute Gasteiger partial charge is 0.0953 e. The Labute approximate surface area is 120 Å². The molecular formula is C15H26N2OS. The standard InChI is InChI=1S/C15H26N2OS/c1-11(2)15-16-8-13(19-15)10-17(3)9-12-6-4-5-7-14(12)18/h8,11-12,14,18H,4-7,9-10H2,1-3H3. The Kier molecular flexibility index (Phi) is 5.37. The van der Waals surface area contributed by atoms with Crippen molar-refractivity contribution >= 4 is 11.3 Å². The van der Waals surface area contributed by atoms with E-state index in [1.165, 1.54) is 29.1 Å². The third kappa shape index (κ3) is 4.26. The van der Waals surface area contributed by atoms with Gasteiger partial charge in [-0.15, -0.1) is 11.3 Å². The van der Waals surface area contributed by atoms with Crippen LogP contribution in [0.25, 0.3) is 0 Å². The molecule has 1 saturated carbocycles. The highest BCUT2D eigenvalue weighted by molar-refractivity contribution is 7.11. The minimum absolute atomic E-state index is 0.0936. The maximum absolute atomic E-state index is 10.0. The van der Waals surface area contributed by atoms with Crippen LogP contribution in [0, 0.1) is 5.92 Å². The third-order valence-electron chi connectivity index (χ3n) is 3.91. The number of aliphatic hydroxyl groups excluding tert-OH is 1. The van der Waals surface area contributed by atoms with E-state index in [0.717, 1.165) is 19.5 Å². The lowest BCUT2D eigenvalue weighted by Gasteiger charge is -2.31. The molecule has 1 aromatic heterocycles. The topological polar surface area (TPSA) is 36.4 Å². The largest absolute Gasteiger partial charge is 0.393 e. The van der Waals surface area contributed by atoms with Crippen molar-refractivity contribution in [1.82, 2.24) is 9.88 Å². The van der Waals surface area contributed by atoms with Gasteiger partial charge in [-0.3, -0.25) is 0 Å². The number of aliphatic hydroxyl groups is 1. The molecular weight excluding hydrogens is 256 g/mol. The minimum atomic E-state index is -0.0936. The van der Waals surface area contributed by atoms with Crippen LogP contribution in [0.5, 0.6) is 0 Å². The summed E-state index contributed by atoms with van der Waals surface area (Å²) in [6.45, 7) is 6.32. The number of aromatic nitrogens is 1. The van der Waals surface area contributed by atoms with Crippen LogP contribution >= 0.6 is 11.3 Å². The second-order valence-corrected chi connectivity index (χ2v) is 7.27. The van der Waals surface area contributed by atoms with Gasteiger partial charge in [-0.1, -0.05) is 26.7 Å². The summed E-state index contributed by atoms with van der Waals surface area (Å²) in [5.74, 6) is 0.973. The molecule has 1 N–H and O–H groups in total. The molecule has 1 aliphatic rings. The lowest BCUT2D eigenvalue weighted by Crippen LogP contribution is -2.34. The molecule has 1 heterocycles. The predicted octanol–water partition coefficient (Wildman–Crippen LogP) is 3.25. The van der Waals surface area contributed by atoms with E-state index >= 15 is 0 Å². The van der Waals surface area contributed by atoms with E-state index in [0.29, 0.717) is 11.8 Å². The normalized spacial score (nSPS) is 24.3. The van der Waals surface area contributed by atoms with Gasteiger partial charge in [-0.25, -0.2) is 4.98 Å². The van der Waals surface area contributed by atoms with E-state index in [2.05, 4.69) is 30.8 Å². The van der Waals surface area contributed by atoms with Crippen molar-refractivity contribution in [1.29, 1.82) is 0 Å². The first kappa shape index (κ1) is 14.9. The van der Waals surface area contributed by atoms with Gasteiger partial charge in [0.1, 0.15) is 0 Å². The molecule has 0 aromatic carbocycles. The fraction of sp³-hybridized carbons (Fsp3) is 0.800. The molecule has 2 unspecified atom stereocenters. The van der Waals surface area contributed by atoms with Crippen LogP contribution in [0.15, 0.2) is 6.20 Å². The molecule has 1 fully saturated rings. The van der Waals surface area contributed by atoms with Crippen LogP contribution in [0.3, 0.4) is 0 Å². The summed E-state index contributed by atoms with van der Waals surface area (Å²) >= 11 is 1.82. The number of hydrogen-bond acceptors (Lipinski definition) is 4. The minimum Gasteiger partial charge on any atom is -0.393 e. The van der Waals surface area contributed by atoms with E-state index in [4.69, 9.17) is 0 Å². The summed E-state index contributed by atoms with van der Waals surface area (Å²) in [5, 5.41) is 11.2. The molecule has 108 valence electrons. The Morgan fingerprint density at radius 2 is 2.16 bits per heavy atom. The Balaban J connectivity index is 1.84. The summed E-state index contributed by atoms with van der Waals surface area (Å²) < 4.78 is 0. The molecule has 1 aliphatic carbocycles. The fourth-order valence-electron chi connectivity index (χ4n) is 2.79. The summed E-state index contributed by atoms with van der Waals surface area (Å²) in [6.07, 6.45) is 6.53. The first-order valence-corrected chi connectivity index (χ1v) is 8.19. The predicted molar refractivity (Wildman–Crippen MR) is 80.5 cm³/mol. The van der Waals surface area contributed by atoms with Gasteiger partial charge in [-0.2, -0.15) is 0 Å². The van der Waals surface area contributed by atoms with Crippen LogP contribution < -0.4 is 0 Å². The van der Waals surface area contributed by atoms with Crippen LogP contribution in [-0.4, -0.2) is 34.7 Å². The fourth-order valence-corrected chi connectivity index (χ4v) is 3.79. The zero-order valence-corrected chi connectivity index (χ0v) is 13.1. The molecule has 0 radical (unpaired) electrons. The van der Waals surface area contributed by atoms with Crippen molar-refractivity contribution in [2.24, 2.45) is 5.92 Å². The van der Waals surface area contributed by atoms with Gasteiger partial charge in [0.25, 0.3) is 0 Å². The summed E-state index contributed by atoms with van der Waals surface area (Å²) in [4.78, 5) is 8.13. The van der Waals surface area contributed by atoms with Crippen molar-refractivity contribution in [3.05, 3.63) is 16.1 Å². The highest BCUT2D eigenvalue weighted by atomic mass is 32.1. The van der Waals surface area contributed by atoms with Crippen molar-refractivity contribution < 1.29 is 5.11 Å². The van der Waals surface area contributed by atoms with Gasteiger partial charge >= 0.3 is 0 Å². The molecule has 3 nitrogen and oxygen atoms in total. The molecule has 0 amide bonds. The molecule has 0 saturated heterocycles. The van der Waals surface area contributed by atoms with Gasteiger partial charge in [0, 0.05) is 30.1 Å². The van der Waals surface area contributed by atoms with E-state index in [1.807, 2.05) is 17.5 Å². The van der Waals surface area contributed by atoms with Gasteiger partial charge < -0.3 is 10.0 Å². The van der Waals surface area contributed by atoms with Gasteiger partial charge in [-0.05, 0) is 25.8 Å². The number of nitrogens with zero attached hydrogens (tertiary/aromatic N) is 2. The van der Waals surface area contributed by atoms with Crippen LogP contribution in [-0.2, 0) is 6.54 Å². The Hall–Kier alpha value is -0.450. The number of thiazole rings is 1. The maximum Gasteiger partial charge on any atom is 0.0953 e. The second-order valence-electron chi connectivity index (χ2n) is 6.13. The first-order valence-electron chi connectivity index (χ1n) is 7.37. The lowest BCUT2D eigenvalue weighted by atomic mass is 9.86. The monoisotopic (exact) mass is 282 g/mol. The number of rotatable bonds is 5. The maximum atomic E-state index is 10.0. The Bertz CT molecular complexity index is 391. The van der Waals surface area contributed by atoms with Crippen LogP contribution in [0.4, 0.5) is 0 Å². The summed E-state index contributed by atoms with van der Waals surface area (Å²) in [5.41, 5.74) is 0. The summed E-state index contributed by atoms with van der Waals surface area (Å²) in [7, 11) is 2.15. The molecule has 2 rings (SSSR count). The quantitative estimate of drug-likeness (QED) is 0.900. The second kappa shape index (κ2) is 6.82. The van der Waals surface area contributed by atoms with Crippen LogP contribution in [0.2, 0.25) is 0 Å². The van der Waals surface area contributed by atoms with Gasteiger partial charge in [0.2, 0.25) is 0 Å². The first-order chi connectivity index (χ1) is 9.06. The molecule has 1 aromatic rings. The summed E-state index contributed by atoms with van der Waals surface area (Å²) in [6, 6.07) is 0. The Morgan fingerprint density at radius 1 is 1.42 bits per heavy atom. The van der Waals surface area contributed by atoms with E-state index in [9.17, 15) is 5.11 Å². The molecule has 0 aliphatic heterocycles.